The summed E-state index contributed by atoms with van der Waals surface area (Å²) in [5, 5.41) is 0. The third-order valence-corrected chi connectivity index (χ3v) is 5.12. The van der Waals surface area contributed by atoms with Crippen LogP contribution in [0.25, 0.3) is 0 Å². The highest BCUT2D eigenvalue weighted by Crippen LogP contribution is 2.35. The lowest BCUT2D eigenvalue weighted by Crippen LogP contribution is -2.44. The van der Waals surface area contributed by atoms with Gasteiger partial charge in [0.2, 0.25) is 0 Å². The SMILES string of the molecule is CCC(=O)[C@@H](C)CC[C@@H]1O[C@H]([C@@H](C)C(=O)OC)[C@@H](C)C[C@H]1C. The number of esters is 1. The van der Waals surface area contributed by atoms with Crippen LogP contribution in [-0.4, -0.2) is 31.1 Å². The van der Waals surface area contributed by atoms with Gasteiger partial charge in [0.05, 0.1) is 25.2 Å². The number of Topliss-reactive ketones (excluding diaryl/α,β-unsaturated/α-hetero) is 1. The molecule has 1 aliphatic heterocycles. The zero-order valence-corrected chi connectivity index (χ0v) is 14.9. The van der Waals surface area contributed by atoms with E-state index >= 15 is 0 Å². The number of methoxy groups -OCH3 is 1. The largest absolute Gasteiger partial charge is 0.469 e. The molecule has 0 amide bonds. The van der Waals surface area contributed by atoms with Crippen LogP contribution in [0, 0.1) is 23.7 Å². The van der Waals surface area contributed by atoms with Gasteiger partial charge in [-0.2, -0.15) is 0 Å². The third-order valence-electron chi connectivity index (χ3n) is 5.12. The van der Waals surface area contributed by atoms with E-state index in [4.69, 9.17) is 9.47 Å². The molecule has 1 heterocycles. The molecule has 22 heavy (non-hydrogen) atoms. The van der Waals surface area contributed by atoms with E-state index in [1.165, 1.54) is 7.11 Å². The second-order valence-corrected chi connectivity index (χ2v) is 6.94. The first-order chi connectivity index (χ1) is 10.3. The molecule has 0 aromatic heterocycles. The molecule has 1 saturated heterocycles. The van der Waals surface area contributed by atoms with Gasteiger partial charge in [-0.05, 0) is 38.0 Å². The zero-order chi connectivity index (χ0) is 16.9. The number of carbonyl (C=O) groups is 2. The van der Waals surface area contributed by atoms with Crippen molar-refractivity contribution < 1.29 is 19.1 Å². The molecular weight excluding hydrogens is 280 g/mol. The Kier molecular flexibility index (Phi) is 7.54. The molecule has 0 aromatic carbocycles. The van der Waals surface area contributed by atoms with Crippen LogP contribution in [0.4, 0.5) is 0 Å². The van der Waals surface area contributed by atoms with E-state index < -0.39 is 0 Å². The van der Waals surface area contributed by atoms with Crippen molar-refractivity contribution in [3.05, 3.63) is 0 Å². The summed E-state index contributed by atoms with van der Waals surface area (Å²) in [6.45, 7) is 10.1. The molecule has 0 N–H and O–H groups in total. The lowest BCUT2D eigenvalue weighted by molar-refractivity contribution is -0.166. The Labute approximate surface area is 134 Å². The van der Waals surface area contributed by atoms with E-state index in [2.05, 4.69) is 13.8 Å². The van der Waals surface area contributed by atoms with Crippen molar-refractivity contribution in [1.29, 1.82) is 0 Å². The van der Waals surface area contributed by atoms with Gasteiger partial charge in [0.1, 0.15) is 5.78 Å². The molecule has 0 unspecified atom stereocenters. The van der Waals surface area contributed by atoms with E-state index in [9.17, 15) is 9.59 Å². The second-order valence-electron chi connectivity index (χ2n) is 6.94. The number of ketones is 1. The van der Waals surface area contributed by atoms with Crippen LogP contribution in [0.1, 0.15) is 60.3 Å². The van der Waals surface area contributed by atoms with E-state index in [1.807, 2.05) is 20.8 Å². The Bertz CT molecular complexity index is 379. The minimum Gasteiger partial charge on any atom is -0.469 e. The van der Waals surface area contributed by atoms with Gasteiger partial charge in [0.25, 0.3) is 0 Å². The minimum absolute atomic E-state index is 0.0918. The summed E-state index contributed by atoms with van der Waals surface area (Å²) < 4.78 is 11.1. The molecular formula is C18H32O4. The van der Waals surface area contributed by atoms with Gasteiger partial charge in [0, 0.05) is 12.3 Å². The maximum atomic E-state index is 11.8. The quantitative estimate of drug-likeness (QED) is 0.674. The molecule has 1 fully saturated rings. The van der Waals surface area contributed by atoms with Crippen molar-refractivity contribution >= 4 is 11.8 Å². The summed E-state index contributed by atoms with van der Waals surface area (Å²) >= 11 is 0. The first-order valence-corrected chi connectivity index (χ1v) is 8.57. The molecule has 0 bridgehead atoms. The smallest absolute Gasteiger partial charge is 0.311 e. The van der Waals surface area contributed by atoms with Crippen LogP contribution in [-0.2, 0) is 19.1 Å². The number of rotatable bonds is 7. The number of hydrogen-bond donors (Lipinski definition) is 0. The molecule has 0 aromatic rings. The van der Waals surface area contributed by atoms with Crippen LogP contribution in [0.2, 0.25) is 0 Å². The molecule has 4 nitrogen and oxygen atoms in total. The predicted octanol–water partition coefficient (Wildman–Crippen LogP) is 3.62. The van der Waals surface area contributed by atoms with Crippen molar-refractivity contribution in [2.45, 2.75) is 72.5 Å². The highest BCUT2D eigenvalue weighted by molar-refractivity contribution is 5.80. The molecule has 0 radical (unpaired) electrons. The minimum atomic E-state index is -0.246. The number of ether oxygens (including phenoxy) is 2. The second kappa shape index (κ2) is 8.66. The Balaban J connectivity index is 2.63. The van der Waals surface area contributed by atoms with Crippen LogP contribution >= 0.6 is 0 Å². The molecule has 1 aliphatic rings. The van der Waals surface area contributed by atoms with Crippen LogP contribution in [0.3, 0.4) is 0 Å². The monoisotopic (exact) mass is 312 g/mol. The van der Waals surface area contributed by atoms with Gasteiger partial charge < -0.3 is 9.47 Å². The summed E-state index contributed by atoms with van der Waals surface area (Å²) in [7, 11) is 1.42. The van der Waals surface area contributed by atoms with Gasteiger partial charge in [-0.15, -0.1) is 0 Å². The van der Waals surface area contributed by atoms with Gasteiger partial charge in [0.15, 0.2) is 0 Å². The van der Waals surface area contributed by atoms with E-state index in [-0.39, 0.29) is 30.0 Å². The molecule has 6 atom stereocenters. The van der Waals surface area contributed by atoms with Crippen LogP contribution in [0.5, 0.6) is 0 Å². The molecule has 4 heteroatoms. The highest BCUT2D eigenvalue weighted by Gasteiger charge is 2.39. The van der Waals surface area contributed by atoms with Crippen LogP contribution in [0.15, 0.2) is 0 Å². The Morgan fingerprint density at radius 3 is 2.41 bits per heavy atom. The van der Waals surface area contributed by atoms with Crippen molar-refractivity contribution in [3.63, 3.8) is 0 Å². The zero-order valence-electron chi connectivity index (χ0n) is 14.9. The lowest BCUT2D eigenvalue weighted by Gasteiger charge is -2.41. The third kappa shape index (κ3) is 4.80. The summed E-state index contributed by atoms with van der Waals surface area (Å²) in [6.07, 6.45) is 3.42. The van der Waals surface area contributed by atoms with Crippen molar-refractivity contribution in [3.8, 4) is 0 Å². The first kappa shape index (κ1) is 19.1. The molecule has 1 rings (SSSR count). The number of hydrogen-bond acceptors (Lipinski definition) is 4. The summed E-state index contributed by atoms with van der Waals surface area (Å²) in [5.41, 5.74) is 0. The van der Waals surface area contributed by atoms with Crippen LogP contribution < -0.4 is 0 Å². The fourth-order valence-electron chi connectivity index (χ4n) is 3.55. The Hall–Kier alpha value is -0.900. The van der Waals surface area contributed by atoms with E-state index in [1.54, 1.807) is 0 Å². The molecule has 0 spiro atoms. The van der Waals surface area contributed by atoms with Gasteiger partial charge in [-0.3, -0.25) is 9.59 Å². The Morgan fingerprint density at radius 1 is 1.23 bits per heavy atom. The summed E-state index contributed by atoms with van der Waals surface area (Å²) in [6, 6.07) is 0. The topological polar surface area (TPSA) is 52.6 Å². The van der Waals surface area contributed by atoms with Crippen molar-refractivity contribution in [2.75, 3.05) is 7.11 Å². The lowest BCUT2D eigenvalue weighted by atomic mass is 9.79. The summed E-state index contributed by atoms with van der Waals surface area (Å²) in [4.78, 5) is 23.5. The van der Waals surface area contributed by atoms with Crippen molar-refractivity contribution in [2.24, 2.45) is 23.7 Å². The van der Waals surface area contributed by atoms with Gasteiger partial charge in [-0.25, -0.2) is 0 Å². The highest BCUT2D eigenvalue weighted by atomic mass is 16.5. The normalized spacial score (nSPS) is 31.4. The van der Waals surface area contributed by atoms with E-state index in [0.29, 0.717) is 24.0 Å². The molecule has 0 aliphatic carbocycles. The van der Waals surface area contributed by atoms with Gasteiger partial charge >= 0.3 is 5.97 Å². The maximum absolute atomic E-state index is 11.8. The van der Waals surface area contributed by atoms with Gasteiger partial charge in [-0.1, -0.05) is 27.7 Å². The molecule has 0 saturated carbocycles. The average molecular weight is 312 g/mol. The fourth-order valence-corrected chi connectivity index (χ4v) is 3.55. The first-order valence-electron chi connectivity index (χ1n) is 8.57. The Morgan fingerprint density at radius 2 is 1.86 bits per heavy atom. The maximum Gasteiger partial charge on any atom is 0.311 e. The molecule has 128 valence electrons. The predicted molar refractivity (Wildman–Crippen MR) is 86.5 cm³/mol. The van der Waals surface area contributed by atoms with Crippen molar-refractivity contribution in [1.82, 2.24) is 0 Å². The average Bonchev–Trinajstić information content (AvgIpc) is 2.51. The fraction of sp³-hybridized carbons (Fsp3) is 0.889. The van der Waals surface area contributed by atoms with E-state index in [0.717, 1.165) is 19.3 Å². The summed E-state index contributed by atoms with van der Waals surface area (Å²) in [5.74, 6) is 0.757. The standard InChI is InChI=1S/C18H32O4/c1-7-15(19)11(2)8-9-16-12(3)10-13(4)17(22-16)14(5)18(20)21-6/h11-14,16-17H,7-10H2,1-6H3/t11-,12+,13-,14+,16-,17-/m0/s1. The number of carbonyl (C=O) groups excluding carboxylic acids is 2.